The Morgan fingerprint density at radius 3 is 2.91 bits per heavy atom. The molecular formula is C17H20FN5. The molecule has 0 spiro atoms. The monoisotopic (exact) mass is 313 g/mol. The van der Waals surface area contributed by atoms with Crippen LogP contribution in [0.1, 0.15) is 12.1 Å². The highest BCUT2D eigenvalue weighted by Gasteiger charge is 2.21. The van der Waals surface area contributed by atoms with Crippen molar-refractivity contribution in [1.82, 2.24) is 14.7 Å². The number of halogens is 1. The Kier molecular flexibility index (Phi) is 4.20. The maximum absolute atomic E-state index is 14.3. The van der Waals surface area contributed by atoms with Gasteiger partial charge in [0.25, 0.3) is 0 Å². The maximum Gasteiger partial charge on any atom is 0.179 e. The van der Waals surface area contributed by atoms with Gasteiger partial charge in [0, 0.05) is 38.4 Å². The van der Waals surface area contributed by atoms with Crippen LogP contribution in [-0.4, -0.2) is 34.3 Å². The molecule has 23 heavy (non-hydrogen) atoms. The Morgan fingerprint density at radius 2 is 2.30 bits per heavy atom. The van der Waals surface area contributed by atoms with Crippen molar-refractivity contribution in [2.45, 2.75) is 13.3 Å². The van der Waals surface area contributed by atoms with Crippen LogP contribution in [-0.2, 0) is 7.05 Å². The van der Waals surface area contributed by atoms with E-state index in [-0.39, 0.29) is 5.82 Å². The van der Waals surface area contributed by atoms with Crippen LogP contribution in [0.25, 0.3) is 11.1 Å². The molecule has 1 atom stereocenters. The fourth-order valence-corrected chi connectivity index (χ4v) is 3.05. The molecule has 0 aliphatic carbocycles. The number of hydrogen-bond donors (Lipinski definition) is 1. The van der Waals surface area contributed by atoms with Gasteiger partial charge in [0.1, 0.15) is 5.82 Å². The summed E-state index contributed by atoms with van der Waals surface area (Å²) in [6.45, 7) is 4.14. The normalized spacial score (nSPS) is 17.3. The summed E-state index contributed by atoms with van der Waals surface area (Å²) in [6, 6.07) is 5.22. The summed E-state index contributed by atoms with van der Waals surface area (Å²) in [5.41, 5.74) is 3.16. The second-order valence-electron chi connectivity index (χ2n) is 6.08. The Bertz CT molecular complexity index is 746. The first-order valence-electron chi connectivity index (χ1n) is 7.75. The van der Waals surface area contributed by atoms with Crippen molar-refractivity contribution in [1.29, 1.82) is 5.26 Å². The Balaban J connectivity index is 1.68. The van der Waals surface area contributed by atoms with Gasteiger partial charge in [0.05, 0.1) is 11.4 Å². The lowest BCUT2D eigenvalue weighted by molar-refractivity contribution is 0.460. The zero-order valence-corrected chi connectivity index (χ0v) is 13.4. The van der Waals surface area contributed by atoms with Gasteiger partial charge in [-0.15, -0.1) is 0 Å². The van der Waals surface area contributed by atoms with Crippen LogP contribution < -0.4 is 5.32 Å². The number of rotatable bonds is 4. The van der Waals surface area contributed by atoms with Crippen molar-refractivity contribution in [2.24, 2.45) is 13.0 Å². The van der Waals surface area contributed by atoms with Gasteiger partial charge in [0.15, 0.2) is 6.19 Å². The fourth-order valence-electron chi connectivity index (χ4n) is 3.05. The first-order valence-corrected chi connectivity index (χ1v) is 7.75. The van der Waals surface area contributed by atoms with Crippen LogP contribution in [0.15, 0.2) is 24.4 Å². The van der Waals surface area contributed by atoms with Crippen molar-refractivity contribution < 1.29 is 4.39 Å². The third kappa shape index (κ3) is 3.29. The molecule has 1 N–H and O–H groups in total. The lowest BCUT2D eigenvalue weighted by Gasteiger charge is -2.13. The Labute approximate surface area is 135 Å². The van der Waals surface area contributed by atoms with Gasteiger partial charge in [-0.2, -0.15) is 10.4 Å². The van der Waals surface area contributed by atoms with E-state index in [1.165, 1.54) is 0 Å². The van der Waals surface area contributed by atoms with E-state index in [1.807, 2.05) is 26.2 Å². The van der Waals surface area contributed by atoms with E-state index in [0.29, 0.717) is 18.2 Å². The van der Waals surface area contributed by atoms with Gasteiger partial charge in [-0.25, -0.2) is 4.39 Å². The molecule has 0 radical (unpaired) electrons. The predicted octanol–water partition coefficient (Wildman–Crippen LogP) is 2.75. The van der Waals surface area contributed by atoms with Gasteiger partial charge in [-0.1, -0.05) is 6.07 Å². The molecular weight excluding hydrogens is 293 g/mol. The molecule has 5 nitrogen and oxygen atoms in total. The van der Waals surface area contributed by atoms with E-state index in [4.69, 9.17) is 5.26 Å². The minimum absolute atomic E-state index is 0.263. The number of aryl methyl sites for hydroxylation is 2. The lowest BCUT2D eigenvalue weighted by Crippen LogP contribution is -2.19. The highest BCUT2D eigenvalue weighted by Crippen LogP contribution is 2.27. The van der Waals surface area contributed by atoms with Crippen LogP contribution in [0.2, 0.25) is 0 Å². The van der Waals surface area contributed by atoms with E-state index in [1.54, 1.807) is 21.7 Å². The Hall–Kier alpha value is -2.55. The van der Waals surface area contributed by atoms with Gasteiger partial charge >= 0.3 is 0 Å². The number of nitrogens with zero attached hydrogens (tertiary/aromatic N) is 4. The number of benzene rings is 1. The molecule has 3 rings (SSSR count). The predicted molar refractivity (Wildman–Crippen MR) is 87.1 cm³/mol. The third-order valence-corrected chi connectivity index (χ3v) is 4.30. The third-order valence-electron chi connectivity index (χ3n) is 4.30. The quantitative estimate of drug-likeness (QED) is 0.882. The van der Waals surface area contributed by atoms with Gasteiger partial charge in [-0.3, -0.25) is 4.68 Å². The number of nitrogens with one attached hydrogen (secondary N) is 1. The summed E-state index contributed by atoms with van der Waals surface area (Å²) in [5, 5.41) is 16.3. The SMILES string of the molecule is Cc1nn(C)cc1-c1ccc(NCC2CCN(C#N)C2)c(F)c1. The molecule has 6 heteroatoms. The molecule has 1 saturated heterocycles. The van der Waals surface area contributed by atoms with Crippen LogP contribution >= 0.6 is 0 Å². The zero-order chi connectivity index (χ0) is 16.4. The average molecular weight is 313 g/mol. The molecule has 1 fully saturated rings. The maximum atomic E-state index is 14.3. The highest BCUT2D eigenvalue weighted by atomic mass is 19.1. The largest absolute Gasteiger partial charge is 0.382 e. The number of anilines is 1. The molecule has 1 aromatic carbocycles. The lowest BCUT2D eigenvalue weighted by atomic mass is 10.1. The standard InChI is InChI=1S/C17H20FN5/c1-12-15(10-22(2)21-12)14-3-4-17(16(18)7-14)20-8-13-5-6-23(9-13)11-19/h3-4,7,10,13,20H,5-6,8-9H2,1-2H3. The number of aromatic nitrogens is 2. The van der Waals surface area contributed by atoms with E-state index in [2.05, 4.69) is 16.6 Å². The topological polar surface area (TPSA) is 56.9 Å². The van der Waals surface area contributed by atoms with Crippen molar-refractivity contribution in [3.63, 3.8) is 0 Å². The molecule has 2 aromatic rings. The van der Waals surface area contributed by atoms with Crippen LogP contribution in [0.3, 0.4) is 0 Å². The molecule has 1 aliphatic rings. The summed E-state index contributed by atoms with van der Waals surface area (Å²) in [5.74, 6) is 0.121. The van der Waals surface area contributed by atoms with Gasteiger partial charge in [0.2, 0.25) is 0 Å². The van der Waals surface area contributed by atoms with Crippen LogP contribution in [0.5, 0.6) is 0 Å². The van der Waals surface area contributed by atoms with E-state index in [0.717, 1.165) is 36.3 Å². The summed E-state index contributed by atoms with van der Waals surface area (Å²) in [7, 11) is 1.86. The number of nitriles is 1. The zero-order valence-electron chi connectivity index (χ0n) is 13.4. The summed E-state index contributed by atoms with van der Waals surface area (Å²) < 4.78 is 16.1. The number of hydrogen-bond acceptors (Lipinski definition) is 4. The van der Waals surface area contributed by atoms with Crippen molar-refractivity contribution in [2.75, 3.05) is 25.0 Å². The smallest absolute Gasteiger partial charge is 0.179 e. The fraction of sp³-hybridized carbons (Fsp3) is 0.412. The second kappa shape index (κ2) is 6.29. The summed E-state index contributed by atoms with van der Waals surface area (Å²) in [4.78, 5) is 1.75. The molecule has 120 valence electrons. The highest BCUT2D eigenvalue weighted by molar-refractivity contribution is 5.67. The minimum atomic E-state index is -0.263. The second-order valence-corrected chi connectivity index (χ2v) is 6.08. The van der Waals surface area contributed by atoms with Crippen molar-refractivity contribution in [3.05, 3.63) is 35.9 Å². The molecule has 0 saturated carbocycles. The summed E-state index contributed by atoms with van der Waals surface area (Å²) in [6.07, 6.45) is 5.02. The molecule has 1 aromatic heterocycles. The number of likely N-dealkylation sites (tertiary alicyclic amines) is 1. The van der Waals surface area contributed by atoms with E-state index in [9.17, 15) is 4.39 Å². The Morgan fingerprint density at radius 1 is 1.48 bits per heavy atom. The van der Waals surface area contributed by atoms with Crippen LogP contribution in [0, 0.1) is 30.1 Å². The van der Waals surface area contributed by atoms with Crippen molar-refractivity contribution >= 4 is 5.69 Å². The molecule has 1 aliphatic heterocycles. The molecule has 2 heterocycles. The van der Waals surface area contributed by atoms with Gasteiger partial charge in [-0.05, 0) is 37.0 Å². The van der Waals surface area contributed by atoms with Gasteiger partial charge < -0.3 is 10.2 Å². The molecule has 0 bridgehead atoms. The van der Waals surface area contributed by atoms with E-state index >= 15 is 0 Å². The molecule has 1 unspecified atom stereocenters. The first-order chi connectivity index (χ1) is 11.1. The van der Waals surface area contributed by atoms with Crippen LogP contribution in [0.4, 0.5) is 10.1 Å². The first kappa shape index (κ1) is 15.3. The van der Waals surface area contributed by atoms with Crippen molar-refractivity contribution in [3.8, 4) is 17.3 Å². The summed E-state index contributed by atoms with van der Waals surface area (Å²) >= 11 is 0. The van der Waals surface area contributed by atoms with E-state index < -0.39 is 0 Å². The molecule has 0 amide bonds. The average Bonchev–Trinajstić information content (AvgIpc) is 3.12. The minimum Gasteiger partial charge on any atom is -0.382 e.